The lowest BCUT2D eigenvalue weighted by Crippen LogP contribution is -2.62. The smallest absolute Gasteiger partial charge is 0.246 e. The molecule has 100 valence electrons. The van der Waals surface area contributed by atoms with Gasteiger partial charge in [0.15, 0.2) is 0 Å². The number of carbonyl (C=O) groups excluding carboxylic acids is 2. The van der Waals surface area contributed by atoms with Crippen LogP contribution in [0, 0.1) is 0 Å². The van der Waals surface area contributed by atoms with E-state index in [0.29, 0.717) is 13.0 Å². The fourth-order valence-corrected chi connectivity index (χ4v) is 3.00. The average molecular weight is 250 g/mol. The van der Waals surface area contributed by atoms with E-state index < -0.39 is 0 Å². The zero-order chi connectivity index (χ0) is 13.1. The normalized spacial score (nSPS) is 28.3. The molecule has 2 saturated heterocycles. The lowest BCUT2D eigenvalue weighted by atomic mass is 10.0. The molecule has 2 atom stereocenters. The Labute approximate surface area is 109 Å². The van der Waals surface area contributed by atoms with Gasteiger partial charge in [-0.25, -0.2) is 0 Å². The first-order valence-electron chi connectivity index (χ1n) is 6.92. The number of rotatable bonds is 4. The molecule has 4 nitrogen and oxygen atoms in total. The number of hydrogen-bond acceptors (Lipinski definition) is 2. The van der Waals surface area contributed by atoms with Crippen molar-refractivity contribution < 1.29 is 9.59 Å². The molecule has 0 aliphatic carbocycles. The second-order valence-electron chi connectivity index (χ2n) is 5.00. The van der Waals surface area contributed by atoms with E-state index in [2.05, 4.69) is 0 Å². The van der Waals surface area contributed by atoms with Crippen molar-refractivity contribution in [3.63, 3.8) is 0 Å². The molecule has 2 aliphatic heterocycles. The summed E-state index contributed by atoms with van der Waals surface area (Å²) in [6, 6.07) is -0.414. The fraction of sp³-hybridized carbons (Fsp3) is 0.714. The van der Waals surface area contributed by atoms with Gasteiger partial charge in [0.1, 0.15) is 12.1 Å². The number of amides is 2. The first kappa shape index (κ1) is 13.1. The number of nitrogens with zero attached hydrogens (tertiary/aromatic N) is 2. The van der Waals surface area contributed by atoms with Gasteiger partial charge in [-0.1, -0.05) is 19.1 Å². The van der Waals surface area contributed by atoms with Crippen LogP contribution >= 0.6 is 0 Å². The second kappa shape index (κ2) is 5.55. The van der Waals surface area contributed by atoms with Crippen molar-refractivity contribution in [2.24, 2.45) is 0 Å². The van der Waals surface area contributed by atoms with E-state index in [9.17, 15) is 9.59 Å². The number of piperazine rings is 1. The van der Waals surface area contributed by atoms with Crippen LogP contribution in [0.5, 0.6) is 0 Å². The monoisotopic (exact) mass is 250 g/mol. The molecule has 0 saturated carbocycles. The van der Waals surface area contributed by atoms with Crippen LogP contribution in [-0.2, 0) is 9.59 Å². The maximum Gasteiger partial charge on any atom is 0.246 e. The molecule has 0 bridgehead atoms. The van der Waals surface area contributed by atoms with Crippen molar-refractivity contribution in [2.75, 3.05) is 13.1 Å². The molecule has 0 radical (unpaired) electrons. The van der Waals surface area contributed by atoms with E-state index in [1.807, 2.05) is 26.0 Å². The van der Waals surface area contributed by atoms with E-state index >= 15 is 0 Å². The Morgan fingerprint density at radius 1 is 1.33 bits per heavy atom. The summed E-state index contributed by atoms with van der Waals surface area (Å²) in [5.41, 5.74) is 0. The van der Waals surface area contributed by atoms with Crippen molar-refractivity contribution in [3.8, 4) is 0 Å². The largest absolute Gasteiger partial charge is 0.329 e. The molecule has 2 rings (SSSR count). The first-order chi connectivity index (χ1) is 8.70. The van der Waals surface area contributed by atoms with Crippen LogP contribution in [0.2, 0.25) is 0 Å². The van der Waals surface area contributed by atoms with Gasteiger partial charge in [-0.05, 0) is 32.6 Å². The summed E-state index contributed by atoms with van der Waals surface area (Å²) >= 11 is 0. The minimum Gasteiger partial charge on any atom is -0.329 e. The van der Waals surface area contributed by atoms with Gasteiger partial charge >= 0.3 is 0 Å². The highest BCUT2D eigenvalue weighted by Crippen LogP contribution is 2.28. The summed E-state index contributed by atoms with van der Waals surface area (Å²) in [7, 11) is 0. The maximum atomic E-state index is 12.4. The molecule has 2 aliphatic rings. The van der Waals surface area contributed by atoms with Gasteiger partial charge in [-0.2, -0.15) is 0 Å². The third-order valence-corrected chi connectivity index (χ3v) is 3.92. The Morgan fingerprint density at radius 2 is 2.11 bits per heavy atom. The van der Waals surface area contributed by atoms with Gasteiger partial charge in [0.05, 0.1) is 0 Å². The van der Waals surface area contributed by atoms with Gasteiger partial charge < -0.3 is 9.80 Å². The number of allylic oxidation sites excluding steroid dienone is 1. The van der Waals surface area contributed by atoms with Crippen molar-refractivity contribution in [2.45, 2.75) is 51.6 Å². The van der Waals surface area contributed by atoms with Crippen molar-refractivity contribution in [1.29, 1.82) is 0 Å². The van der Waals surface area contributed by atoms with Gasteiger partial charge in [0.25, 0.3) is 0 Å². The standard InChI is InChI=1S/C14H22N2O2/c1-3-5-6-9-15-11(4-2)13(17)16-10-7-8-12(16)14(15)18/h3,5,11-12H,4,6-10H2,1-2H3/b5-3+. The van der Waals surface area contributed by atoms with Gasteiger partial charge in [0.2, 0.25) is 11.8 Å². The quantitative estimate of drug-likeness (QED) is 0.711. The molecule has 0 aromatic carbocycles. The fourth-order valence-electron chi connectivity index (χ4n) is 3.00. The van der Waals surface area contributed by atoms with E-state index in [4.69, 9.17) is 0 Å². The molecule has 0 spiro atoms. The molecule has 18 heavy (non-hydrogen) atoms. The summed E-state index contributed by atoms with van der Waals surface area (Å²) in [5.74, 6) is 0.309. The van der Waals surface area contributed by atoms with E-state index in [1.54, 1.807) is 9.80 Å². The highest BCUT2D eigenvalue weighted by molar-refractivity contribution is 5.97. The number of hydrogen-bond donors (Lipinski definition) is 0. The summed E-state index contributed by atoms with van der Waals surface area (Å²) in [5, 5.41) is 0. The van der Waals surface area contributed by atoms with Gasteiger partial charge in [-0.3, -0.25) is 9.59 Å². The number of fused-ring (bicyclic) bond motifs is 1. The van der Waals surface area contributed by atoms with Crippen LogP contribution in [0.25, 0.3) is 0 Å². The van der Waals surface area contributed by atoms with Crippen LogP contribution < -0.4 is 0 Å². The zero-order valence-corrected chi connectivity index (χ0v) is 11.3. The Kier molecular flexibility index (Phi) is 4.04. The van der Waals surface area contributed by atoms with Crippen LogP contribution in [0.15, 0.2) is 12.2 Å². The first-order valence-corrected chi connectivity index (χ1v) is 6.92. The molecule has 2 amide bonds. The highest BCUT2D eigenvalue weighted by atomic mass is 16.2. The summed E-state index contributed by atoms with van der Waals surface area (Å²) in [4.78, 5) is 28.4. The summed E-state index contributed by atoms with van der Waals surface area (Å²) in [6.07, 6.45) is 7.37. The van der Waals surface area contributed by atoms with Crippen LogP contribution in [0.4, 0.5) is 0 Å². The topological polar surface area (TPSA) is 40.6 Å². The molecule has 0 aromatic heterocycles. The van der Waals surface area contributed by atoms with Gasteiger partial charge in [-0.15, -0.1) is 0 Å². The molecule has 4 heteroatoms. The Morgan fingerprint density at radius 3 is 2.78 bits per heavy atom. The summed E-state index contributed by atoms with van der Waals surface area (Å²) < 4.78 is 0. The predicted octanol–water partition coefficient (Wildman–Crippen LogP) is 1.56. The van der Waals surface area contributed by atoms with E-state index in [1.165, 1.54) is 0 Å². The molecule has 2 fully saturated rings. The molecule has 2 heterocycles. The Hall–Kier alpha value is -1.32. The highest BCUT2D eigenvalue weighted by Gasteiger charge is 2.46. The van der Waals surface area contributed by atoms with Gasteiger partial charge in [0, 0.05) is 13.1 Å². The van der Waals surface area contributed by atoms with Crippen molar-refractivity contribution in [1.82, 2.24) is 9.80 Å². The Bertz CT molecular complexity index is 365. The van der Waals surface area contributed by atoms with E-state index in [-0.39, 0.29) is 23.9 Å². The minimum absolute atomic E-state index is 0.153. The van der Waals surface area contributed by atoms with Crippen molar-refractivity contribution in [3.05, 3.63) is 12.2 Å². The lowest BCUT2D eigenvalue weighted by Gasteiger charge is -2.42. The predicted molar refractivity (Wildman–Crippen MR) is 70.0 cm³/mol. The minimum atomic E-state index is -0.239. The van der Waals surface area contributed by atoms with E-state index in [0.717, 1.165) is 25.8 Å². The molecule has 2 unspecified atom stereocenters. The van der Waals surface area contributed by atoms with Crippen LogP contribution in [0.1, 0.15) is 39.5 Å². The molecule has 0 aromatic rings. The Balaban J connectivity index is 2.14. The zero-order valence-electron chi connectivity index (χ0n) is 11.3. The third-order valence-electron chi connectivity index (χ3n) is 3.92. The molecular formula is C14H22N2O2. The summed E-state index contributed by atoms with van der Waals surface area (Å²) in [6.45, 7) is 5.38. The molecule has 0 N–H and O–H groups in total. The molecular weight excluding hydrogens is 228 g/mol. The third kappa shape index (κ3) is 2.16. The maximum absolute atomic E-state index is 12.4. The van der Waals surface area contributed by atoms with Crippen molar-refractivity contribution >= 4 is 11.8 Å². The number of carbonyl (C=O) groups is 2. The van der Waals surface area contributed by atoms with Crippen LogP contribution in [-0.4, -0.2) is 46.8 Å². The SMILES string of the molecule is C/C=C/CCN1C(=O)C2CCCN2C(=O)C1CC. The second-order valence-corrected chi connectivity index (χ2v) is 5.00. The average Bonchev–Trinajstić information content (AvgIpc) is 2.85. The van der Waals surface area contributed by atoms with Crippen LogP contribution in [0.3, 0.4) is 0 Å². The lowest BCUT2D eigenvalue weighted by molar-refractivity contribution is -0.159.